The molecular formula is C20H40IN5O3. The van der Waals surface area contributed by atoms with E-state index in [4.69, 9.17) is 9.47 Å². The van der Waals surface area contributed by atoms with Crippen LogP contribution in [0, 0.1) is 0 Å². The van der Waals surface area contributed by atoms with Crippen molar-refractivity contribution in [1.29, 1.82) is 0 Å². The van der Waals surface area contributed by atoms with Gasteiger partial charge < -0.3 is 25.4 Å². The highest BCUT2D eigenvalue weighted by Gasteiger charge is 2.38. The molecule has 170 valence electrons. The molecule has 0 radical (unpaired) electrons. The van der Waals surface area contributed by atoms with Crippen molar-refractivity contribution in [1.82, 2.24) is 20.9 Å². The Labute approximate surface area is 192 Å². The van der Waals surface area contributed by atoms with Crippen LogP contribution in [0.5, 0.6) is 0 Å². The first-order valence-corrected chi connectivity index (χ1v) is 10.6. The zero-order valence-electron chi connectivity index (χ0n) is 18.5. The number of carbonyl (C=O) groups is 1. The molecule has 1 saturated heterocycles. The van der Waals surface area contributed by atoms with E-state index < -0.39 is 11.7 Å². The molecule has 8 nitrogen and oxygen atoms in total. The summed E-state index contributed by atoms with van der Waals surface area (Å²) in [4.78, 5) is 18.6. The van der Waals surface area contributed by atoms with E-state index in [9.17, 15) is 4.79 Å². The Morgan fingerprint density at radius 3 is 2.28 bits per heavy atom. The molecule has 1 aliphatic carbocycles. The molecule has 1 heterocycles. The van der Waals surface area contributed by atoms with Gasteiger partial charge in [0.25, 0.3) is 0 Å². The first-order valence-electron chi connectivity index (χ1n) is 10.6. The fraction of sp³-hybridized carbons (Fsp3) is 0.900. The van der Waals surface area contributed by atoms with E-state index in [1.807, 2.05) is 20.8 Å². The lowest BCUT2D eigenvalue weighted by molar-refractivity contribution is -0.0352. The third-order valence-electron chi connectivity index (χ3n) is 5.36. The summed E-state index contributed by atoms with van der Waals surface area (Å²) in [6, 6.07) is 0. The van der Waals surface area contributed by atoms with Crippen LogP contribution in [-0.2, 0) is 9.47 Å². The summed E-state index contributed by atoms with van der Waals surface area (Å²) in [5.41, 5.74) is -0.294. The van der Waals surface area contributed by atoms with E-state index in [0.717, 1.165) is 38.8 Å². The van der Waals surface area contributed by atoms with Gasteiger partial charge in [-0.25, -0.2) is 4.79 Å². The fourth-order valence-electron chi connectivity index (χ4n) is 3.98. The summed E-state index contributed by atoms with van der Waals surface area (Å²) in [5.74, 6) is 0.768. The molecule has 0 bridgehead atoms. The highest BCUT2D eigenvalue weighted by atomic mass is 127. The lowest BCUT2D eigenvalue weighted by Crippen LogP contribution is -2.60. The molecule has 2 aliphatic rings. The zero-order valence-corrected chi connectivity index (χ0v) is 20.8. The van der Waals surface area contributed by atoms with E-state index in [0.29, 0.717) is 13.1 Å². The number of nitrogens with zero attached hydrogens (tertiary/aromatic N) is 2. The predicted molar refractivity (Wildman–Crippen MR) is 127 cm³/mol. The first-order chi connectivity index (χ1) is 13.3. The van der Waals surface area contributed by atoms with Crippen molar-refractivity contribution in [2.75, 3.05) is 53.0 Å². The molecule has 1 amide bonds. The Balaban J connectivity index is 0.00000420. The average Bonchev–Trinajstić information content (AvgIpc) is 2.67. The number of hydrogen-bond donors (Lipinski definition) is 3. The standard InChI is InChI=1S/C20H39N5O3.HI/c1-19(2,3)28-18(26)23-11-10-22-17(21-4)24-16-20(8-6-5-7-9-20)25-12-14-27-15-13-25;/h5-16H2,1-4H3,(H,23,26)(H2,21,22,24);1H. The quantitative estimate of drug-likeness (QED) is 0.214. The number of aliphatic imine (C=N–C) groups is 1. The van der Waals surface area contributed by atoms with Crippen molar-refractivity contribution in [3.05, 3.63) is 0 Å². The lowest BCUT2D eigenvalue weighted by Gasteiger charge is -2.48. The van der Waals surface area contributed by atoms with Crippen molar-refractivity contribution in [3.63, 3.8) is 0 Å². The van der Waals surface area contributed by atoms with Crippen LogP contribution in [0.1, 0.15) is 52.9 Å². The number of carbonyl (C=O) groups excluding carboxylic acids is 1. The number of halogens is 1. The molecule has 0 unspecified atom stereocenters. The summed E-state index contributed by atoms with van der Waals surface area (Å²) in [6.07, 6.45) is 5.94. The van der Waals surface area contributed by atoms with Crippen LogP contribution in [-0.4, -0.2) is 81.1 Å². The molecule has 3 N–H and O–H groups in total. The number of rotatable bonds is 6. The van der Waals surface area contributed by atoms with Crippen molar-refractivity contribution >= 4 is 36.0 Å². The second kappa shape index (κ2) is 12.8. The second-order valence-corrected chi connectivity index (χ2v) is 8.67. The smallest absolute Gasteiger partial charge is 0.407 e. The Morgan fingerprint density at radius 1 is 1.07 bits per heavy atom. The van der Waals surface area contributed by atoms with Gasteiger partial charge in [-0.2, -0.15) is 0 Å². The van der Waals surface area contributed by atoms with E-state index in [1.165, 1.54) is 32.1 Å². The van der Waals surface area contributed by atoms with Crippen molar-refractivity contribution in [3.8, 4) is 0 Å². The molecule has 9 heteroatoms. The molecule has 2 fully saturated rings. The van der Waals surface area contributed by atoms with Gasteiger partial charge in [0.1, 0.15) is 5.60 Å². The molecule has 1 aliphatic heterocycles. The normalized spacial score (nSPS) is 20.3. The maximum absolute atomic E-state index is 11.7. The van der Waals surface area contributed by atoms with Gasteiger partial charge in [0.05, 0.1) is 13.2 Å². The van der Waals surface area contributed by atoms with E-state index in [2.05, 4.69) is 25.8 Å². The van der Waals surface area contributed by atoms with Crippen LogP contribution in [0.25, 0.3) is 0 Å². The fourth-order valence-corrected chi connectivity index (χ4v) is 3.98. The number of nitrogens with one attached hydrogen (secondary N) is 3. The summed E-state index contributed by atoms with van der Waals surface area (Å²) in [7, 11) is 1.78. The Hall–Kier alpha value is -0.810. The SMILES string of the molecule is CN=C(NCCNC(=O)OC(C)(C)C)NCC1(N2CCOCC2)CCCCC1.I. The van der Waals surface area contributed by atoms with Gasteiger partial charge >= 0.3 is 6.09 Å². The largest absolute Gasteiger partial charge is 0.444 e. The Bertz CT molecular complexity index is 513. The van der Waals surface area contributed by atoms with E-state index >= 15 is 0 Å². The van der Waals surface area contributed by atoms with Gasteiger partial charge in [0.15, 0.2) is 5.96 Å². The summed E-state index contributed by atoms with van der Waals surface area (Å²) < 4.78 is 10.8. The molecule has 0 aromatic heterocycles. The topological polar surface area (TPSA) is 87.2 Å². The van der Waals surface area contributed by atoms with Crippen molar-refractivity contribution < 1.29 is 14.3 Å². The van der Waals surface area contributed by atoms with Crippen LogP contribution in [0.3, 0.4) is 0 Å². The molecular weight excluding hydrogens is 485 g/mol. The number of morpholine rings is 1. The molecule has 0 spiro atoms. The third-order valence-corrected chi connectivity index (χ3v) is 5.36. The summed E-state index contributed by atoms with van der Waals surface area (Å²) in [6.45, 7) is 11.2. The zero-order chi connectivity index (χ0) is 20.5. The molecule has 0 aromatic carbocycles. The average molecular weight is 525 g/mol. The van der Waals surface area contributed by atoms with Gasteiger partial charge in [-0.1, -0.05) is 19.3 Å². The monoisotopic (exact) mass is 525 g/mol. The minimum atomic E-state index is -0.483. The molecule has 0 aromatic rings. The molecule has 1 saturated carbocycles. The van der Waals surface area contributed by atoms with E-state index in [1.54, 1.807) is 7.05 Å². The highest BCUT2D eigenvalue weighted by Crippen LogP contribution is 2.33. The van der Waals surface area contributed by atoms with E-state index in [-0.39, 0.29) is 29.5 Å². The number of ether oxygens (including phenoxy) is 2. The van der Waals surface area contributed by atoms with Crippen LogP contribution < -0.4 is 16.0 Å². The van der Waals surface area contributed by atoms with Crippen LogP contribution in [0.2, 0.25) is 0 Å². The number of alkyl carbamates (subject to hydrolysis) is 1. The molecule has 0 atom stereocenters. The first kappa shape index (κ1) is 26.2. The molecule has 29 heavy (non-hydrogen) atoms. The summed E-state index contributed by atoms with van der Waals surface area (Å²) >= 11 is 0. The maximum atomic E-state index is 11.7. The minimum absolute atomic E-state index is 0. The maximum Gasteiger partial charge on any atom is 0.407 e. The highest BCUT2D eigenvalue weighted by molar-refractivity contribution is 14.0. The Kier molecular flexibility index (Phi) is 11.6. The van der Waals surface area contributed by atoms with Crippen molar-refractivity contribution in [2.24, 2.45) is 4.99 Å². The lowest BCUT2D eigenvalue weighted by atomic mass is 9.80. The van der Waals surface area contributed by atoms with Crippen molar-refractivity contribution in [2.45, 2.75) is 64.0 Å². The number of guanidine groups is 1. The number of amides is 1. The second-order valence-electron chi connectivity index (χ2n) is 8.67. The Morgan fingerprint density at radius 2 is 1.69 bits per heavy atom. The van der Waals surface area contributed by atoms with Gasteiger partial charge in [-0.05, 0) is 33.6 Å². The van der Waals surface area contributed by atoms with Crippen LogP contribution >= 0.6 is 24.0 Å². The van der Waals surface area contributed by atoms with Gasteiger partial charge in [0.2, 0.25) is 0 Å². The predicted octanol–water partition coefficient (Wildman–Crippen LogP) is 2.33. The number of hydrogen-bond acceptors (Lipinski definition) is 5. The third kappa shape index (κ3) is 9.25. The van der Waals surface area contributed by atoms with Crippen LogP contribution in [0.15, 0.2) is 4.99 Å². The van der Waals surface area contributed by atoms with Crippen LogP contribution in [0.4, 0.5) is 4.79 Å². The van der Waals surface area contributed by atoms with Gasteiger partial charge in [-0.15, -0.1) is 24.0 Å². The summed E-state index contributed by atoms with van der Waals surface area (Å²) in [5, 5.41) is 9.54. The van der Waals surface area contributed by atoms with Gasteiger partial charge in [-0.3, -0.25) is 9.89 Å². The minimum Gasteiger partial charge on any atom is -0.444 e. The molecule has 2 rings (SSSR count). The van der Waals surface area contributed by atoms with Gasteiger partial charge in [0, 0.05) is 45.3 Å².